The summed E-state index contributed by atoms with van der Waals surface area (Å²) in [5.41, 5.74) is 5.30. The van der Waals surface area contributed by atoms with Gasteiger partial charge in [-0.3, -0.25) is 13.8 Å². The van der Waals surface area contributed by atoms with Crippen molar-refractivity contribution in [3.63, 3.8) is 0 Å². The summed E-state index contributed by atoms with van der Waals surface area (Å²) in [5.74, 6) is -0.454. The summed E-state index contributed by atoms with van der Waals surface area (Å²) in [4.78, 5) is 22.4. The van der Waals surface area contributed by atoms with Gasteiger partial charge in [-0.05, 0) is 19.3 Å². The Balaban J connectivity index is 4.63. The number of hydrogen-bond acceptors (Lipinski definition) is 7. The van der Waals surface area contributed by atoms with Crippen LogP contribution >= 0.6 is 7.82 Å². The van der Waals surface area contributed by atoms with E-state index in [1.54, 1.807) is 6.08 Å². The first kappa shape index (κ1) is 37.2. The van der Waals surface area contributed by atoms with Crippen molar-refractivity contribution in [2.45, 2.75) is 141 Å². The van der Waals surface area contributed by atoms with Gasteiger partial charge in [-0.2, -0.15) is 0 Å². The van der Waals surface area contributed by atoms with Crippen LogP contribution in [-0.2, 0) is 18.4 Å². The zero-order chi connectivity index (χ0) is 28.5. The second kappa shape index (κ2) is 25.2. The quantitative estimate of drug-likeness (QED) is 0.0497. The first-order valence-corrected chi connectivity index (χ1v) is 16.4. The Bertz CT molecular complexity index is 636. The first-order chi connectivity index (χ1) is 18.3. The predicted octanol–water partition coefficient (Wildman–Crippen LogP) is 5.51. The number of nitrogens with two attached hydrogens (primary N) is 1. The van der Waals surface area contributed by atoms with Crippen LogP contribution in [0.25, 0.3) is 0 Å². The van der Waals surface area contributed by atoms with Gasteiger partial charge >= 0.3 is 7.82 Å². The van der Waals surface area contributed by atoms with Crippen LogP contribution < -0.4 is 11.1 Å². The van der Waals surface area contributed by atoms with Crippen LogP contribution in [0.5, 0.6) is 0 Å². The monoisotopic (exact) mass is 564 g/mol. The molecule has 4 unspecified atom stereocenters. The van der Waals surface area contributed by atoms with Gasteiger partial charge in [0.25, 0.3) is 0 Å². The lowest BCUT2D eigenvalue weighted by atomic mass is 10.0. The van der Waals surface area contributed by atoms with E-state index < -0.39 is 38.6 Å². The number of phosphoric acid groups is 1. The maximum atomic E-state index is 12.6. The summed E-state index contributed by atoms with van der Waals surface area (Å²) in [5, 5.41) is 23.6. The van der Waals surface area contributed by atoms with E-state index in [0.29, 0.717) is 6.42 Å². The summed E-state index contributed by atoms with van der Waals surface area (Å²) >= 11 is 0. The SMILES string of the molecule is CCCCCCCC/C=C/C(O)C(COP(=O)(O)OCCN)NC(=O)CC(O)CCCCCCCCCC. The number of hydrogen-bond donors (Lipinski definition) is 5. The number of amides is 1. The van der Waals surface area contributed by atoms with E-state index in [0.717, 1.165) is 38.5 Å². The topological polar surface area (TPSA) is 151 Å². The molecule has 0 saturated carbocycles. The fourth-order valence-corrected chi connectivity index (χ4v) is 4.87. The van der Waals surface area contributed by atoms with Crippen LogP contribution in [-0.4, -0.2) is 59.0 Å². The average molecular weight is 565 g/mol. The lowest BCUT2D eigenvalue weighted by Crippen LogP contribution is -2.46. The summed E-state index contributed by atoms with van der Waals surface area (Å²) in [6.07, 6.45) is 18.9. The minimum atomic E-state index is -4.37. The Labute approximate surface area is 231 Å². The summed E-state index contributed by atoms with van der Waals surface area (Å²) in [7, 11) is -4.37. The van der Waals surface area contributed by atoms with Gasteiger partial charge in [-0.25, -0.2) is 4.57 Å². The van der Waals surface area contributed by atoms with Crippen molar-refractivity contribution in [1.82, 2.24) is 5.32 Å². The second-order valence-corrected chi connectivity index (χ2v) is 11.6. The number of rotatable bonds is 27. The standard InChI is InChI=1S/C28H57N2O7P/c1-3-5-7-9-11-13-15-17-19-25(31)23-28(33)30-26(24-37-38(34,35)36-22-21-29)27(32)20-18-16-14-12-10-8-6-4-2/h18,20,25-27,31-32H,3-17,19,21-24,29H2,1-2H3,(H,30,33)(H,34,35)/b20-18+. The van der Waals surface area contributed by atoms with Crippen molar-refractivity contribution in [3.8, 4) is 0 Å². The molecule has 0 saturated heterocycles. The minimum Gasteiger partial charge on any atom is -0.393 e. The normalized spacial score (nSPS) is 15.8. The molecule has 0 aromatic heterocycles. The number of carbonyl (C=O) groups excluding carboxylic acids is 1. The summed E-state index contributed by atoms with van der Waals surface area (Å²) < 4.78 is 21.7. The average Bonchev–Trinajstić information content (AvgIpc) is 2.88. The van der Waals surface area contributed by atoms with Crippen LogP contribution in [0, 0.1) is 0 Å². The molecule has 226 valence electrons. The maximum absolute atomic E-state index is 12.6. The highest BCUT2D eigenvalue weighted by molar-refractivity contribution is 7.47. The second-order valence-electron chi connectivity index (χ2n) is 10.2. The van der Waals surface area contributed by atoms with E-state index in [1.807, 2.05) is 6.08 Å². The molecule has 0 bridgehead atoms. The number of unbranched alkanes of at least 4 members (excludes halogenated alkanes) is 13. The van der Waals surface area contributed by atoms with Crippen molar-refractivity contribution in [3.05, 3.63) is 12.2 Å². The van der Waals surface area contributed by atoms with Gasteiger partial charge in [-0.1, -0.05) is 109 Å². The van der Waals surface area contributed by atoms with Gasteiger partial charge in [0.1, 0.15) is 0 Å². The highest BCUT2D eigenvalue weighted by Crippen LogP contribution is 2.43. The number of phosphoric ester groups is 1. The molecule has 0 fully saturated rings. The van der Waals surface area contributed by atoms with E-state index >= 15 is 0 Å². The maximum Gasteiger partial charge on any atom is 0.472 e. The van der Waals surface area contributed by atoms with Gasteiger partial charge in [0.15, 0.2) is 0 Å². The molecular formula is C28H57N2O7P. The molecule has 38 heavy (non-hydrogen) atoms. The van der Waals surface area contributed by atoms with Crippen molar-refractivity contribution in [2.24, 2.45) is 5.73 Å². The number of aliphatic hydroxyl groups is 2. The predicted molar refractivity (Wildman–Crippen MR) is 154 cm³/mol. The van der Waals surface area contributed by atoms with Crippen molar-refractivity contribution in [2.75, 3.05) is 19.8 Å². The highest BCUT2D eigenvalue weighted by atomic mass is 31.2. The molecule has 0 rings (SSSR count). The molecule has 0 spiro atoms. The van der Waals surface area contributed by atoms with Crippen molar-refractivity contribution in [1.29, 1.82) is 0 Å². The number of carbonyl (C=O) groups is 1. The smallest absolute Gasteiger partial charge is 0.393 e. The van der Waals surface area contributed by atoms with Crippen molar-refractivity contribution >= 4 is 13.7 Å². The molecule has 10 heteroatoms. The molecule has 0 aromatic rings. The van der Waals surface area contributed by atoms with Crippen LogP contribution in [0.1, 0.15) is 123 Å². The van der Waals surface area contributed by atoms with Crippen LogP contribution in [0.15, 0.2) is 12.2 Å². The lowest BCUT2D eigenvalue weighted by molar-refractivity contribution is -0.124. The van der Waals surface area contributed by atoms with Crippen LogP contribution in [0.4, 0.5) is 0 Å². The molecule has 0 aromatic carbocycles. The van der Waals surface area contributed by atoms with E-state index in [2.05, 4.69) is 19.2 Å². The van der Waals surface area contributed by atoms with E-state index in [1.165, 1.54) is 57.8 Å². The number of allylic oxidation sites excluding steroid dienone is 1. The van der Waals surface area contributed by atoms with Gasteiger partial charge in [0.05, 0.1) is 37.9 Å². The highest BCUT2D eigenvalue weighted by Gasteiger charge is 2.27. The van der Waals surface area contributed by atoms with Gasteiger partial charge in [-0.15, -0.1) is 0 Å². The Kier molecular flexibility index (Phi) is 24.7. The van der Waals surface area contributed by atoms with Crippen LogP contribution in [0.3, 0.4) is 0 Å². The Morgan fingerprint density at radius 3 is 2.03 bits per heavy atom. The van der Waals surface area contributed by atoms with Crippen molar-refractivity contribution < 1.29 is 33.5 Å². The lowest BCUT2D eigenvalue weighted by Gasteiger charge is -2.24. The molecule has 4 atom stereocenters. The zero-order valence-electron chi connectivity index (χ0n) is 24.0. The largest absolute Gasteiger partial charge is 0.472 e. The molecule has 0 aliphatic rings. The third-order valence-corrected chi connectivity index (χ3v) is 7.40. The number of nitrogens with one attached hydrogen (secondary N) is 1. The molecular weight excluding hydrogens is 507 g/mol. The fourth-order valence-electron chi connectivity index (χ4n) is 4.11. The molecule has 9 nitrogen and oxygen atoms in total. The molecule has 1 amide bonds. The summed E-state index contributed by atoms with van der Waals surface area (Å²) in [6.45, 7) is 3.84. The number of aliphatic hydroxyl groups excluding tert-OH is 2. The molecule has 6 N–H and O–H groups in total. The van der Waals surface area contributed by atoms with Gasteiger partial charge in [0, 0.05) is 6.54 Å². The fraction of sp³-hybridized carbons (Fsp3) is 0.893. The van der Waals surface area contributed by atoms with E-state index in [4.69, 9.17) is 14.8 Å². The molecule has 0 radical (unpaired) electrons. The zero-order valence-corrected chi connectivity index (χ0v) is 24.9. The Morgan fingerprint density at radius 1 is 0.895 bits per heavy atom. The molecule has 0 aliphatic heterocycles. The first-order valence-electron chi connectivity index (χ1n) is 14.9. The summed E-state index contributed by atoms with van der Waals surface area (Å²) in [6, 6.07) is -0.972. The van der Waals surface area contributed by atoms with Crippen LogP contribution in [0.2, 0.25) is 0 Å². The third-order valence-electron chi connectivity index (χ3n) is 6.42. The van der Waals surface area contributed by atoms with E-state index in [-0.39, 0.29) is 19.6 Å². The van der Waals surface area contributed by atoms with Gasteiger partial charge in [0.2, 0.25) is 5.91 Å². The van der Waals surface area contributed by atoms with Gasteiger partial charge < -0.3 is 26.2 Å². The minimum absolute atomic E-state index is 0.0502. The Morgan fingerprint density at radius 2 is 1.45 bits per heavy atom. The van der Waals surface area contributed by atoms with E-state index in [9.17, 15) is 24.5 Å². The Hall–Kier alpha value is -0.800. The third kappa shape index (κ3) is 23.1. The molecule has 0 aliphatic carbocycles. The molecule has 0 heterocycles.